The van der Waals surface area contributed by atoms with Crippen LogP contribution >= 0.6 is 11.6 Å². The minimum absolute atomic E-state index is 0. The van der Waals surface area contributed by atoms with Gasteiger partial charge >= 0.3 is 36.8 Å². The number of aromatic nitrogens is 9. The minimum atomic E-state index is -1.02. The van der Waals surface area contributed by atoms with Crippen LogP contribution < -0.4 is 28.7 Å². The number of anilines is 2. The second kappa shape index (κ2) is 25.1. The molecule has 6 aromatic rings. The number of hydrogen-bond donors (Lipinski definition) is 1. The Labute approximate surface area is 405 Å². The third-order valence-corrected chi connectivity index (χ3v) is 10.6. The zero-order valence-electron chi connectivity index (χ0n) is 39.5. The van der Waals surface area contributed by atoms with E-state index < -0.39 is 17.9 Å². The molecule has 21 nitrogen and oxygen atoms in total. The average molecular weight is 944 g/mol. The van der Waals surface area contributed by atoms with Gasteiger partial charge in [0.2, 0.25) is 0 Å². The Kier molecular flexibility index (Phi) is 20.3. The molecule has 3 aliphatic rings. The molecule has 6 aromatic heterocycles. The maximum atomic E-state index is 12.0. The molecule has 67 heavy (non-hydrogen) atoms. The maximum absolute atomic E-state index is 12.0. The molecule has 9 heterocycles. The normalized spacial score (nSPS) is 21.3. The van der Waals surface area contributed by atoms with Gasteiger partial charge in [0.25, 0.3) is 0 Å². The van der Waals surface area contributed by atoms with Gasteiger partial charge in [0.1, 0.15) is 33.5 Å². The van der Waals surface area contributed by atoms with E-state index in [2.05, 4.69) is 53.9 Å². The molecule has 0 aromatic carbocycles. The molecule has 3 aliphatic heterocycles. The Bertz CT molecular complexity index is 2530. The zero-order valence-corrected chi connectivity index (χ0v) is 40.2. The van der Waals surface area contributed by atoms with Gasteiger partial charge in [0.05, 0.1) is 68.4 Å². The number of carbonyl (C=O) groups excluding carboxylic acids is 2. The average Bonchev–Trinajstić information content (AvgIpc) is 4.00. The van der Waals surface area contributed by atoms with E-state index >= 15 is 0 Å². The predicted molar refractivity (Wildman–Crippen MR) is 243 cm³/mol. The summed E-state index contributed by atoms with van der Waals surface area (Å²) in [5.41, 5.74) is 2.10. The summed E-state index contributed by atoms with van der Waals surface area (Å²) in [7, 11) is 0. The van der Waals surface area contributed by atoms with Crippen LogP contribution in [0.5, 0.6) is 0 Å². The van der Waals surface area contributed by atoms with Crippen LogP contribution in [0.25, 0.3) is 16.9 Å². The fraction of sp³-hybridized carbons (Fsp3) is 0.523. The van der Waals surface area contributed by atoms with Crippen LogP contribution in [0.15, 0.2) is 55.4 Å². The number of nitrogens with zero attached hydrogens (tertiary/aromatic N) is 11. The van der Waals surface area contributed by atoms with Gasteiger partial charge in [-0.15, -0.1) is 0 Å². The number of aromatic carboxylic acids is 1. The van der Waals surface area contributed by atoms with Crippen molar-refractivity contribution in [2.45, 2.75) is 111 Å². The number of esters is 2. The molecule has 0 saturated carbocycles. The number of morpholine rings is 2. The standard InChI is InChI=1S/C15H20N4O3.C13H16N4O3.C9H8ClN3O2.C7H14O.Li.H2O/c1-4-21-15(20)12-7-16-19-6-5-13(17-14(12)19)18-8-10(2)22-11(3)9-18;1-8-6-16(7-9(2)20-8)11-3-4-17-12(15-11)10(5-14-17)13(18)19;1-2-15-9(14)6-5-11-13-4-3-7(10)12-8(6)13;1-6-4-3-5-7(2)8-6;;/h5-7,10-11H,4,8-9H2,1-3H3;3-5,8-9H,6-7H2,1-2H3,(H,18,19);3-5H,2H2,1H3;6-7H,3-5H2,1-2H3;;1H2/q;;;;+1;/p-1/t10-,11-;8-,9-;;6-,7-;;/m11.1../s1. The summed E-state index contributed by atoms with van der Waals surface area (Å²) in [6.45, 7) is 19.6. The van der Waals surface area contributed by atoms with Gasteiger partial charge in [-0.2, -0.15) is 15.3 Å². The van der Waals surface area contributed by atoms with Crippen molar-refractivity contribution in [2.75, 3.05) is 49.2 Å². The Morgan fingerprint density at radius 1 is 0.612 bits per heavy atom. The SMILES string of the molecule is CCOC(=O)c1cnn2ccc(Cl)nc12.CCOC(=O)c1cnn2ccc(N3C[C@@H](C)O[C@H](C)C3)nc12.C[C@@H]1CCC[C@@H](C)O1.C[C@@H]1CN(c2ccn3ncc(C(=O)O)c3n2)C[C@@H](C)O1.[Li+].[OH-]. The smallest absolute Gasteiger partial charge is 0.870 e. The Hall–Kier alpha value is -5.40. The van der Waals surface area contributed by atoms with Crippen LogP contribution in [0.2, 0.25) is 5.15 Å². The Morgan fingerprint density at radius 2 is 0.970 bits per heavy atom. The molecule has 2 N–H and O–H groups in total. The van der Waals surface area contributed by atoms with Crippen LogP contribution in [-0.2, 0) is 23.7 Å². The minimum Gasteiger partial charge on any atom is -0.870 e. The van der Waals surface area contributed by atoms with Crippen molar-refractivity contribution in [3.05, 3.63) is 77.2 Å². The molecule has 0 radical (unpaired) electrons. The summed E-state index contributed by atoms with van der Waals surface area (Å²) in [4.78, 5) is 51.9. The van der Waals surface area contributed by atoms with Gasteiger partial charge in [-0.25, -0.2) is 42.9 Å². The van der Waals surface area contributed by atoms with Crippen molar-refractivity contribution in [2.24, 2.45) is 0 Å². The second-order valence-corrected chi connectivity index (χ2v) is 16.4. The van der Waals surface area contributed by atoms with Gasteiger partial charge < -0.3 is 44.1 Å². The molecular formula is C44H59ClLiN11O10. The molecule has 0 aliphatic carbocycles. The van der Waals surface area contributed by atoms with Gasteiger partial charge in [-0.05, 0) is 92.9 Å². The number of carbonyl (C=O) groups is 3. The van der Waals surface area contributed by atoms with Crippen LogP contribution in [0, 0.1) is 0 Å². The largest absolute Gasteiger partial charge is 1.00 e. The van der Waals surface area contributed by atoms with Crippen LogP contribution in [0.1, 0.15) is 106 Å². The van der Waals surface area contributed by atoms with Gasteiger partial charge in [0.15, 0.2) is 16.9 Å². The van der Waals surface area contributed by atoms with E-state index in [1.54, 1.807) is 36.8 Å². The van der Waals surface area contributed by atoms with Gasteiger partial charge in [-0.1, -0.05) is 11.6 Å². The number of rotatable bonds is 7. The number of carboxylic acid groups (broad SMARTS) is 1. The summed E-state index contributed by atoms with van der Waals surface area (Å²) in [6, 6.07) is 5.34. The first-order valence-corrected chi connectivity index (χ1v) is 22.2. The Balaban J connectivity index is 0.000000202. The van der Waals surface area contributed by atoms with E-state index in [4.69, 9.17) is 40.4 Å². The molecule has 3 fully saturated rings. The molecular weight excluding hydrogens is 885 g/mol. The van der Waals surface area contributed by atoms with Crippen LogP contribution in [0.3, 0.4) is 0 Å². The molecule has 9 rings (SSSR count). The third kappa shape index (κ3) is 14.3. The second-order valence-electron chi connectivity index (χ2n) is 16.1. The van der Waals surface area contributed by atoms with Crippen LogP contribution in [-0.4, -0.2) is 148 Å². The first-order chi connectivity index (χ1) is 31.1. The van der Waals surface area contributed by atoms with Crippen LogP contribution in [0.4, 0.5) is 11.6 Å². The van der Waals surface area contributed by atoms with Gasteiger partial charge in [-0.3, -0.25) is 0 Å². The molecule has 358 valence electrons. The summed E-state index contributed by atoms with van der Waals surface area (Å²) in [5, 5.41) is 21.5. The monoisotopic (exact) mass is 943 g/mol. The molecule has 23 heteroatoms. The molecule has 0 spiro atoms. The summed E-state index contributed by atoms with van der Waals surface area (Å²) >= 11 is 5.72. The van der Waals surface area contributed by atoms with E-state index in [0.29, 0.717) is 58.6 Å². The van der Waals surface area contributed by atoms with Crippen molar-refractivity contribution < 1.29 is 67.5 Å². The number of fused-ring (bicyclic) bond motifs is 3. The van der Waals surface area contributed by atoms with Crippen molar-refractivity contribution in [1.82, 2.24) is 43.8 Å². The fourth-order valence-electron chi connectivity index (χ4n) is 7.73. The summed E-state index contributed by atoms with van der Waals surface area (Å²) < 4.78 is 31.4. The first kappa shape index (κ1) is 54.2. The van der Waals surface area contributed by atoms with E-state index in [1.165, 1.54) is 46.9 Å². The Morgan fingerprint density at radius 3 is 1.34 bits per heavy atom. The molecule has 3 saturated heterocycles. The van der Waals surface area contributed by atoms with Gasteiger partial charge in [0, 0.05) is 44.8 Å². The first-order valence-electron chi connectivity index (χ1n) is 21.9. The number of hydrogen-bond acceptors (Lipinski definition) is 17. The third-order valence-electron chi connectivity index (χ3n) is 10.4. The summed E-state index contributed by atoms with van der Waals surface area (Å²) in [5.74, 6) is -0.287. The molecule has 0 bridgehead atoms. The molecule has 0 unspecified atom stereocenters. The van der Waals surface area contributed by atoms with E-state index in [1.807, 2.05) is 46.0 Å². The van der Waals surface area contributed by atoms with Crippen molar-refractivity contribution in [1.29, 1.82) is 0 Å². The quantitative estimate of drug-likeness (QED) is 0.137. The van der Waals surface area contributed by atoms with E-state index in [-0.39, 0.29) is 54.3 Å². The van der Waals surface area contributed by atoms with E-state index in [9.17, 15) is 14.4 Å². The topological polar surface area (TPSA) is 245 Å². The number of halogens is 1. The van der Waals surface area contributed by atoms with Crippen molar-refractivity contribution in [3.8, 4) is 0 Å². The van der Waals surface area contributed by atoms with E-state index in [0.717, 1.165) is 37.8 Å². The maximum Gasteiger partial charge on any atom is 1.00 e. The van der Waals surface area contributed by atoms with Crippen molar-refractivity contribution >= 4 is 58.1 Å². The fourth-order valence-corrected chi connectivity index (χ4v) is 7.87. The number of ether oxygens (including phenoxy) is 5. The molecule has 6 atom stereocenters. The van der Waals surface area contributed by atoms with Crippen molar-refractivity contribution in [3.63, 3.8) is 0 Å². The summed E-state index contributed by atoms with van der Waals surface area (Å²) in [6.07, 6.45) is 14.8. The predicted octanol–water partition coefficient (Wildman–Crippen LogP) is 2.91. The number of carboxylic acids is 1. The zero-order chi connectivity index (χ0) is 46.8. The molecule has 0 amide bonds.